The average Bonchev–Trinajstić information content (AvgIpc) is 2.17. The SMILES string of the molecule is CNCN(C)Cc1cccc(C(F)(F)F)c1. The second-order valence-corrected chi connectivity index (χ2v) is 3.72. The van der Waals surface area contributed by atoms with E-state index in [4.69, 9.17) is 0 Å². The third-order valence-corrected chi connectivity index (χ3v) is 2.13. The molecule has 0 aliphatic rings. The van der Waals surface area contributed by atoms with Crippen LogP contribution >= 0.6 is 0 Å². The highest BCUT2D eigenvalue weighted by Crippen LogP contribution is 2.29. The maximum absolute atomic E-state index is 12.4. The fraction of sp³-hybridized carbons (Fsp3) is 0.455. The van der Waals surface area contributed by atoms with Crippen LogP contribution in [0.5, 0.6) is 0 Å². The molecule has 0 unspecified atom stereocenters. The zero-order valence-electron chi connectivity index (χ0n) is 9.30. The molecule has 0 saturated carbocycles. The molecule has 0 spiro atoms. The fourth-order valence-corrected chi connectivity index (χ4v) is 1.48. The first-order valence-corrected chi connectivity index (χ1v) is 4.93. The van der Waals surface area contributed by atoms with Gasteiger partial charge in [0.25, 0.3) is 0 Å². The smallest absolute Gasteiger partial charge is 0.307 e. The van der Waals surface area contributed by atoms with Gasteiger partial charge in [0.1, 0.15) is 0 Å². The summed E-state index contributed by atoms with van der Waals surface area (Å²) in [5.41, 5.74) is 0.0652. The monoisotopic (exact) mass is 232 g/mol. The van der Waals surface area contributed by atoms with E-state index in [-0.39, 0.29) is 0 Å². The molecule has 5 heteroatoms. The van der Waals surface area contributed by atoms with Crippen molar-refractivity contribution in [2.24, 2.45) is 0 Å². The summed E-state index contributed by atoms with van der Waals surface area (Å²) in [6.45, 7) is 1.13. The number of nitrogens with one attached hydrogen (secondary N) is 1. The maximum atomic E-state index is 12.4. The lowest BCUT2D eigenvalue weighted by Gasteiger charge is -2.16. The van der Waals surface area contributed by atoms with Crippen LogP contribution in [0.2, 0.25) is 0 Å². The Morgan fingerprint density at radius 2 is 2.00 bits per heavy atom. The lowest BCUT2D eigenvalue weighted by molar-refractivity contribution is -0.137. The number of halogens is 3. The number of benzene rings is 1. The summed E-state index contributed by atoms with van der Waals surface area (Å²) in [5.74, 6) is 0. The number of hydrogen-bond acceptors (Lipinski definition) is 2. The van der Waals surface area contributed by atoms with Crippen LogP contribution in [-0.2, 0) is 12.7 Å². The standard InChI is InChI=1S/C11H15F3N2/c1-15-8-16(2)7-9-4-3-5-10(6-9)11(12,13)14/h3-6,15H,7-8H2,1-2H3. The van der Waals surface area contributed by atoms with Gasteiger partial charge in [0.15, 0.2) is 0 Å². The Bertz CT molecular complexity index is 336. The minimum atomic E-state index is -4.27. The van der Waals surface area contributed by atoms with Crippen LogP contribution < -0.4 is 5.32 Å². The first kappa shape index (κ1) is 13.0. The molecule has 0 heterocycles. The summed E-state index contributed by atoms with van der Waals surface area (Å²) in [7, 11) is 3.64. The zero-order valence-corrected chi connectivity index (χ0v) is 9.30. The molecule has 1 aromatic carbocycles. The van der Waals surface area contributed by atoms with Gasteiger partial charge in [-0.15, -0.1) is 0 Å². The average molecular weight is 232 g/mol. The van der Waals surface area contributed by atoms with E-state index in [2.05, 4.69) is 5.32 Å². The fourth-order valence-electron chi connectivity index (χ4n) is 1.48. The van der Waals surface area contributed by atoms with E-state index in [1.54, 1.807) is 13.1 Å². The Kier molecular flexibility index (Phi) is 4.32. The van der Waals surface area contributed by atoms with Crippen molar-refractivity contribution in [3.8, 4) is 0 Å². The third kappa shape index (κ3) is 3.83. The van der Waals surface area contributed by atoms with Crippen molar-refractivity contribution >= 4 is 0 Å². The highest BCUT2D eigenvalue weighted by Gasteiger charge is 2.30. The molecule has 1 rings (SSSR count). The topological polar surface area (TPSA) is 15.3 Å². The van der Waals surface area contributed by atoms with Gasteiger partial charge in [-0.1, -0.05) is 18.2 Å². The summed E-state index contributed by atoms with van der Waals surface area (Å²) in [4.78, 5) is 1.90. The molecule has 0 fully saturated rings. The van der Waals surface area contributed by atoms with E-state index in [0.29, 0.717) is 18.8 Å². The van der Waals surface area contributed by atoms with Crippen molar-refractivity contribution in [3.63, 3.8) is 0 Å². The Labute approximate surface area is 93.1 Å². The number of nitrogens with zero attached hydrogens (tertiary/aromatic N) is 1. The van der Waals surface area contributed by atoms with Crippen molar-refractivity contribution in [2.75, 3.05) is 20.8 Å². The molecule has 2 nitrogen and oxygen atoms in total. The molecule has 0 aliphatic heterocycles. The van der Waals surface area contributed by atoms with Crippen molar-refractivity contribution in [3.05, 3.63) is 35.4 Å². The molecule has 1 N–H and O–H groups in total. The van der Waals surface area contributed by atoms with Crippen LogP contribution in [0.15, 0.2) is 24.3 Å². The van der Waals surface area contributed by atoms with Crippen molar-refractivity contribution in [2.45, 2.75) is 12.7 Å². The Hall–Kier alpha value is -1.07. The normalized spacial score (nSPS) is 12.1. The van der Waals surface area contributed by atoms with Gasteiger partial charge in [-0.25, -0.2) is 0 Å². The van der Waals surface area contributed by atoms with Gasteiger partial charge in [0.2, 0.25) is 0 Å². The molecule has 0 saturated heterocycles. The molecule has 0 aliphatic carbocycles. The van der Waals surface area contributed by atoms with Gasteiger partial charge in [-0.05, 0) is 25.7 Å². The van der Waals surface area contributed by atoms with Crippen LogP contribution in [0.25, 0.3) is 0 Å². The third-order valence-electron chi connectivity index (χ3n) is 2.13. The lowest BCUT2D eigenvalue weighted by Crippen LogP contribution is -2.28. The van der Waals surface area contributed by atoms with Gasteiger partial charge in [-0.2, -0.15) is 13.2 Å². The van der Waals surface area contributed by atoms with Crippen LogP contribution in [0.3, 0.4) is 0 Å². The maximum Gasteiger partial charge on any atom is 0.416 e. The second kappa shape index (κ2) is 5.32. The van der Waals surface area contributed by atoms with Crippen molar-refractivity contribution in [1.82, 2.24) is 10.2 Å². The van der Waals surface area contributed by atoms with Gasteiger partial charge >= 0.3 is 6.18 Å². The first-order chi connectivity index (χ1) is 7.43. The molecule has 0 amide bonds. The van der Waals surface area contributed by atoms with Gasteiger partial charge in [-0.3, -0.25) is 4.90 Å². The second-order valence-electron chi connectivity index (χ2n) is 3.72. The number of hydrogen-bond donors (Lipinski definition) is 1. The highest BCUT2D eigenvalue weighted by atomic mass is 19.4. The molecular weight excluding hydrogens is 217 g/mol. The molecule has 1 aromatic rings. The van der Waals surface area contributed by atoms with Crippen LogP contribution in [-0.4, -0.2) is 25.7 Å². The molecule has 16 heavy (non-hydrogen) atoms. The van der Waals surface area contributed by atoms with E-state index in [1.807, 2.05) is 11.9 Å². The molecule has 0 aromatic heterocycles. The first-order valence-electron chi connectivity index (χ1n) is 4.93. The highest BCUT2D eigenvalue weighted by molar-refractivity contribution is 5.25. The lowest BCUT2D eigenvalue weighted by atomic mass is 10.1. The Morgan fingerprint density at radius 1 is 1.31 bits per heavy atom. The zero-order chi connectivity index (χ0) is 12.2. The summed E-state index contributed by atoms with van der Waals surface area (Å²) >= 11 is 0. The van der Waals surface area contributed by atoms with Crippen molar-refractivity contribution < 1.29 is 13.2 Å². The quantitative estimate of drug-likeness (QED) is 0.801. The minimum Gasteiger partial charge on any atom is -0.307 e. The van der Waals surface area contributed by atoms with Gasteiger partial charge in [0.05, 0.1) is 5.56 Å². The van der Waals surface area contributed by atoms with Crippen LogP contribution in [0.1, 0.15) is 11.1 Å². The largest absolute Gasteiger partial charge is 0.416 e. The van der Waals surface area contributed by atoms with E-state index >= 15 is 0 Å². The predicted molar refractivity (Wildman–Crippen MR) is 56.8 cm³/mol. The molecule has 0 bridgehead atoms. The summed E-state index contributed by atoms with van der Waals surface area (Å²) in [6.07, 6.45) is -4.27. The van der Waals surface area contributed by atoms with E-state index in [0.717, 1.165) is 6.07 Å². The van der Waals surface area contributed by atoms with E-state index < -0.39 is 11.7 Å². The van der Waals surface area contributed by atoms with Gasteiger partial charge < -0.3 is 5.32 Å². The van der Waals surface area contributed by atoms with E-state index in [9.17, 15) is 13.2 Å². The minimum absolute atomic E-state index is 0.491. The van der Waals surface area contributed by atoms with Crippen LogP contribution in [0, 0.1) is 0 Å². The van der Waals surface area contributed by atoms with Crippen molar-refractivity contribution in [1.29, 1.82) is 0 Å². The molecule has 0 radical (unpaired) electrons. The Balaban J connectivity index is 2.75. The summed E-state index contributed by atoms with van der Waals surface area (Å²) in [6, 6.07) is 5.40. The number of alkyl halides is 3. The Morgan fingerprint density at radius 3 is 2.56 bits per heavy atom. The molecule has 90 valence electrons. The molecular formula is C11H15F3N2. The van der Waals surface area contributed by atoms with Crippen LogP contribution in [0.4, 0.5) is 13.2 Å². The summed E-state index contributed by atoms with van der Waals surface area (Å²) < 4.78 is 37.3. The molecule has 0 atom stereocenters. The number of rotatable bonds is 4. The summed E-state index contributed by atoms with van der Waals surface area (Å²) in [5, 5.41) is 2.94. The van der Waals surface area contributed by atoms with E-state index in [1.165, 1.54) is 12.1 Å². The van der Waals surface area contributed by atoms with Gasteiger partial charge in [0, 0.05) is 13.2 Å². The predicted octanol–water partition coefficient (Wildman–Crippen LogP) is 2.31.